The largest absolute Gasteiger partial charge is 0.381 e. The lowest BCUT2D eigenvalue weighted by molar-refractivity contribution is -0.0643. The van der Waals surface area contributed by atoms with Gasteiger partial charge in [-0.1, -0.05) is 13.8 Å². The SMILES string of the molecule is COC1CC(Cl)C1(C)C. The first kappa shape index (κ1) is 7.36. The van der Waals surface area contributed by atoms with Crippen molar-refractivity contribution in [2.24, 2.45) is 5.41 Å². The molecule has 1 rings (SSSR count). The third kappa shape index (κ3) is 0.968. The van der Waals surface area contributed by atoms with E-state index in [-0.39, 0.29) is 5.41 Å². The number of ether oxygens (including phenoxy) is 1. The van der Waals surface area contributed by atoms with E-state index in [0.717, 1.165) is 6.42 Å². The molecule has 2 unspecified atom stereocenters. The maximum Gasteiger partial charge on any atom is 0.0650 e. The Morgan fingerprint density at radius 2 is 2.11 bits per heavy atom. The highest BCUT2D eigenvalue weighted by molar-refractivity contribution is 6.21. The van der Waals surface area contributed by atoms with E-state index in [1.54, 1.807) is 7.11 Å². The molecule has 9 heavy (non-hydrogen) atoms. The van der Waals surface area contributed by atoms with Crippen LogP contribution in [0.1, 0.15) is 20.3 Å². The molecule has 0 amide bonds. The van der Waals surface area contributed by atoms with Gasteiger partial charge in [0.2, 0.25) is 0 Å². The lowest BCUT2D eigenvalue weighted by Crippen LogP contribution is -2.51. The zero-order chi connectivity index (χ0) is 7.07. The molecule has 54 valence electrons. The van der Waals surface area contributed by atoms with Gasteiger partial charge in [0.1, 0.15) is 0 Å². The Hall–Kier alpha value is 0.250. The molecule has 1 fully saturated rings. The summed E-state index contributed by atoms with van der Waals surface area (Å²) < 4.78 is 5.19. The summed E-state index contributed by atoms with van der Waals surface area (Å²) in [5.41, 5.74) is 0.191. The molecule has 0 saturated heterocycles. The summed E-state index contributed by atoms with van der Waals surface area (Å²) in [4.78, 5) is 0. The van der Waals surface area contributed by atoms with E-state index in [1.807, 2.05) is 0 Å². The molecule has 2 heteroatoms. The number of hydrogen-bond donors (Lipinski definition) is 0. The van der Waals surface area contributed by atoms with Crippen LogP contribution in [0.4, 0.5) is 0 Å². The van der Waals surface area contributed by atoms with Gasteiger partial charge in [0.15, 0.2) is 0 Å². The van der Waals surface area contributed by atoms with Crippen molar-refractivity contribution in [3.63, 3.8) is 0 Å². The molecule has 0 bridgehead atoms. The van der Waals surface area contributed by atoms with Crippen molar-refractivity contribution < 1.29 is 4.74 Å². The summed E-state index contributed by atoms with van der Waals surface area (Å²) in [7, 11) is 1.75. The number of halogens is 1. The van der Waals surface area contributed by atoms with Crippen molar-refractivity contribution in [2.45, 2.75) is 31.7 Å². The Morgan fingerprint density at radius 3 is 2.22 bits per heavy atom. The van der Waals surface area contributed by atoms with Crippen LogP contribution in [-0.4, -0.2) is 18.6 Å². The van der Waals surface area contributed by atoms with Crippen molar-refractivity contribution in [3.8, 4) is 0 Å². The van der Waals surface area contributed by atoms with Crippen molar-refractivity contribution in [1.29, 1.82) is 0 Å². The Kier molecular flexibility index (Phi) is 1.75. The molecule has 0 N–H and O–H groups in total. The molecule has 0 aliphatic heterocycles. The van der Waals surface area contributed by atoms with E-state index in [4.69, 9.17) is 16.3 Å². The summed E-state index contributed by atoms with van der Waals surface area (Å²) in [5, 5.41) is 0.308. The average Bonchev–Trinajstić information content (AvgIpc) is 1.82. The Labute approximate surface area is 61.3 Å². The van der Waals surface area contributed by atoms with Gasteiger partial charge in [-0.15, -0.1) is 11.6 Å². The van der Waals surface area contributed by atoms with E-state index in [9.17, 15) is 0 Å². The standard InChI is InChI=1S/C7H13ClO/c1-7(2)5(8)4-6(7)9-3/h5-6H,4H2,1-3H3. The highest BCUT2D eigenvalue weighted by Gasteiger charge is 2.47. The van der Waals surface area contributed by atoms with Crippen LogP contribution in [0.5, 0.6) is 0 Å². The molecule has 2 atom stereocenters. The number of methoxy groups -OCH3 is 1. The quantitative estimate of drug-likeness (QED) is 0.518. The van der Waals surface area contributed by atoms with Gasteiger partial charge in [-0.3, -0.25) is 0 Å². The van der Waals surface area contributed by atoms with Crippen LogP contribution < -0.4 is 0 Å². The van der Waals surface area contributed by atoms with E-state index < -0.39 is 0 Å². The molecule has 0 heterocycles. The molecule has 1 aliphatic rings. The maximum absolute atomic E-state index is 5.93. The molecule has 0 radical (unpaired) electrons. The van der Waals surface area contributed by atoms with Gasteiger partial charge >= 0.3 is 0 Å². The topological polar surface area (TPSA) is 9.23 Å². The first-order valence-electron chi connectivity index (χ1n) is 3.26. The van der Waals surface area contributed by atoms with E-state index in [0.29, 0.717) is 11.5 Å². The Morgan fingerprint density at radius 1 is 1.56 bits per heavy atom. The second-order valence-corrected chi connectivity index (χ2v) is 3.78. The summed E-state index contributed by atoms with van der Waals surface area (Å²) in [6.07, 6.45) is 1.38. The zero-order valence-electron chi connectivity index (χ0n) is 6.15. The van der Waals surface area contributed by atoms with Gasteiger partial charge in [-0.05, 0) is 6.42 Å². The van der Waals surface area contributed by atoms with Crippen molar-refractivity contribution >= 4 is 11.6 Å². The summed E-state index contributed by atoms with van der Waals surface area (Å²) in [6, 6.07) is 0. The van der Waals surface area contributed by atoms with Gasteiger partial charge in [-0.25, -0.2) is 0 Å². The summed E-state index contributed by atoms with van der Waals surface area (Å²) in [6.45, 7) is 4.28. The summed E-state index contributed by atoms with van der Waals surface area (Å²) >= 11 is 5.93. The van der Waals surface area contributed by atoms with Crippen LogP contribution in [0.3, 0.4) is 0 Å². The van der Waals surface area contributed by atoms with Crippen molar-refractivity contribution in [1.82, 2.24) is 0 Å². The van der Waals surface area contributed by atoms with Crippen LogP contribution in [0.2, 0.25) is 0 Å². The van der Waals surface area contributed by atoms with Gasteiger partial charge in [0, 0.05) is 17.9 Å². The second kappa shape index (κ2) is 2.14. The van der Waals surface area contributed by atoms with Crippen molar-refractivity contribution in [3.05, 3.63) is 0 Å². The molecule has 0 aromatic carbocycles. The lowest BCUT2D eigenvalue weighted by atomic mass is 9.68. The first-order valence-corrected chi connectivity index (χ1v) is 3.69. The van der Waals surface area contributed by atoms with Crippen molar-refractivity contribution in [2.75, 3.05) is 7.11 Å². The Bertz CT molecular complexity index is 111. The van der Waals surface area contributed by atoms with Gasteiger partial charge in [0.05, 0.1) is 6.10 Å². The maximum atomic E-state index is 5.93. The number of hydrogen-bond acceptors (Lipinski definition) is 1. The minimum atomic E-state index is 0.191. The molecule has 0 spiro atoms. The Balaban J connectivity index is 2.48. The van der Waals surface area contributed by atoms with Crippen LogP contribution >= 0.6 is 11.6 Å². The predicted octanol–water partition coefficient (Wildman–Crippen LogP) is 2.04. The lowest BCUT2D eigenvalue weighted by Gasteiger charge is -2.47. The highest BCUT2D eigenvalue weighted by Crippen LogP contribution is 2.45. The molecule has 1 nitrogen and oxygen atoms in total. The number of alkyl halides is 1. The minimum Gasteiger partial charge on any atom is -0.381 e. The van der Waals surface area contributed by atoms with Crippen LogP contribution in [-0.2, 0) is 4.74 Å². The normalized spacial score (nSPS) is 40.0. The molecule has 1 aliphatic carbocycles. The van der Waals surface area contributed by atoms with E-state index >= 15 is 0 Å². The van der Waals surface area contributed by atoms with Crippen LogP contribution in [0, 0.1) is 5.41 Å². The summed E-state index contributed by atoms with van der Waals surface area (Å²) in [5.74, 6) is 0. The fourth-order valence-corrected chi connectivity index (χ4v) is 1.54. The minimum absolute atomic E-state index is 0.191. The average molecular weight is 149 g/mol. The van der Waals surface area contributed by atoms with Gasteiger partial charge < -0.3 is 4.74 Å². The monoisotopic (exact) mass is 148 g/mol. The molecular weight excluding hydrogens is 136 g/mol. The van der Waals surface area contributed by atoms with E-state index in [1.165, 1.54) is 0 Å². The van der Waals surface area contributed by atoms with Gasteiger partial charge in [0.25, 0.3) is 0 Å². The highest BCUT2D eigenvalue weighted by atomic mass is 35.5. The fraction of sp³-hybridized carbons (Fsp3) is 1.00. The zero-order valence-corrected chi connectivity index (χ0v) is 6.90. The smallest absolute Gasteiger partial charge is 0.0650 e. The first-order chi connectivity index (χ1) is 4.09. The molecule has 0 aromatic heterocycles. The third-order valence-corrected chi connectivity index (χ3v) is 3.08. The molecule has 1 saturated carbocycles. The predicted molar refractivity (Wildman–Crippen MR) is 38.8 cm³/mol. The van der Waals surface area contributed by atoms with E-state index in [2.05, 4.69) is 13.8 Å². The van der Waals surface area contributed by atoms with Crippen LogP contribution in [0.25, 0.3) is 0 Å². The second-order valence-electron chi connectivity index (χ2n) is 3.25. The third-order valence-electron chi connectivity index (χ3n) is 2.34. The fourth-order valence-electron chi connectivity index (χ4n) is 1.24. The molecule has 0 aromatic rings. The van der Waals surface area contributed by atoms with Gasteiger partial charge in [-0.2, -0.15) is 0 Å². The number of rotatable bonds is 1. The van der Waals surface area contributed by atoms with Crippen LogP contribution in [0.15, 0.2) is 0 Å². The molecular formula is C7H13ClO.